The highest BCUT2D eigenvalue weighted by molar-refractivity contribution is 5.93. The van der Waals surface area contributed by atoms with Crippen LogP contribution in [0.2, 0.25) is 0 Å². The number of pyridine rings is 2. The SMILES string of the molecule is CCNC(=O)Nc1nc2c(-[n+]3cccc(NC)c3)cc(-c3cccnc3)cc2[nH]1. The van der Waals surface area contributed by atoms with E-state index in [1.165, 1.54) is 0 Å². The quantitative estimate of drug-likeness (QED) is 0.395. The molecule has 0 atom stereocenters. The average Bonchev–Trinajstić information content (AvgIpc) is 3.16. The molecule has 4 rings (SSSR count). The Morgan fingerprint density at radius 2 is 2.10 bits per heavy atom. The van der Waals surface area contributed by atoms with Gasteiger partial charge in [0, 0.05) is 43.7 Å². The maximum absolute atomic E-state index is 11.9. The van der Waals surface area contributed by atoms with Crippen LogP contribution >= 0.6 is 0 Å². The lowest BCUT2D eigenvalue weighted by Crippen LogP contribution is -2.30. The zero-order valence-electron chi connectivity index (χ0n) is 16.2. The predicted molar refractivity (Wildman–Crippen MR) is 113 cm³/mol. The molecule has 0 aliphatic carbocycles. The zero-order chi connectivity index (χ0) is 20.2. The Kier molecular flexibility index (Phi) is 5.07. The van der Waals surface area contributed by atoms with Crippen LogP contribution in [0.15, 0.2) is 61.2 Å². The summed E-state index contributed by atoms with van der Waals surface area (Å²) in [6.07, 6.45) is 7.53. The van der Waals surface area contributed by atoms with E-state index < -0.39 is 0 Å². The number of nitrogens with one attached hydrogen (secondary N) is 4. The first-order valence-corrected chi connectivity index (χ1v) is 9.36. The number of anilines is 2. The lowest BCUT2D eigenvalue weighted by atomic mass is 10.1. The molecule has 0 spiro atoms. The van der Waals surface area contributed by atoms with Gasteiger partial charge in [-0.15, -0.1) is 0 Å². The number of aromatic amines is 1. The van der Waals surface area contributed by atoms with E-state index in [4.69, 9.17) is 0 Å². The molecule has 0 saturated heterocycles. The molecule has 0 radical (unpaired) electrons. The number of imidazole rings is 1. The normalized spacial score (nSPS) is 10.7. The van der Waals surface area contributed by atoms with Crippen LogP contribution in [0.4, 0.5) is 16.4 Å². The number of fused-ring (bicyclic) bond motifs is 1. The van der Waals surface area contributed by atoms with Crippen LogP contribution in [0.3, 0.4) is 0 Å². The van der Waals surface area contributed by atoms with Crippen molar-refractivity contribution in [2.45, 2.75) is 6.92 Å². The molecule has 0 saturated carbocycles. The number of nitrogens with zero attached hydrogens (tertiary/aromatic N) is 3. The van der Waals surface area contributed by atoms with Gasteiger partial charge in [-0.05, 0) is 30.7 Å². The summed E-state index contributed by atoms with van der Waals surface area (Å²) in [6.45, 7) is 2.40. The molecule has 146 valence electrons. The molecular weight excluding hydrogens is 366 g/mol. The van der Waals surface area contributed by atoms with Crippen LogP contribution in [-0.4, -0.2) is 34.6 Å². The molecule has 4 N–H and O–H groups in total. The van der Waals surface area contributed by atoms with Crippen molar-refractivity contribution in [3.05, 3.63) is 61.2 Å². The molecule has 2 amide bonds. The van der Waals surface area contributed by atoms with Crippen LogP contribution in [0.5, 0.6) is 0 Å². The molecule has 0 unspecified atom stereocenters. The highest BCUT2D eigenvalue weighted by Gasteiger charge is 2.19. The van der Waals surface area contributed by atoms with Gasteiger partial charge in [0.25, 0.3) is 0 Å². The Morgan fingerprint density at radius 1 is 1.21 bits per heavy atom. The van der Waals surface area contributed by atoms with Crippen molar-refractivity contribution in [3.63, 3.8) is 0 Å². The molecule has 3 aromatic heterocycles. The monoisotopic (exact) mass is 388 g/mol. The second kappa shape index (κ2) is 7.97. The number of aromatic nitrogens is 4. The molecule has 8 nitrogen and oxygen atoms in total. The van der Waals surface area contributed by atoms with Crippen molar-refractivity contribution in [2.75, 3.05) is 24.2 Å². The van der Waals surface area contributed by atoms with E-state index in [0.29, 0.717) is 12.5 Å². The summed E-state index contributed by atoms with van der Waals surface area (Å²) in [6, 6.07) is 11.6. The first-order chi connectivity index (χ1) is 14.2. The highest BCUT2D eigenvalue weighted by Crippen LogP contribution is 2.27. The van der Waals surface area contributed by atoms with Gasteiger partial charge in [0.15, 0.2) is 17.9 Å². The molecule has 8 heteroatoms. The molecule has 0 aliphatic heterocycles. The minimum atomic E-state index is -0.301. The molecule has 29 heavy (non-hydrogen) atoms. The Morgan fingerprint density at radius 3 is 2.86 bits per heavy atom. The number of hydrogen-bond acceptors (Lipinski definition) is 4. The van der Waals surface area contributed by atoms with Crippen LogP contribution in [-0.2, 0) is 0 Å². The number of benzene rings is 1. The highest BCUT2D eigenvalue weighted by atomic mass is 16.2. The van der Waals surface area contributed by atoms with Gasteiger partial charge in [0.1, 0.15) is 0 Å². The maximum Gasteiger partial charge on any atom is 0.321 e. The zero-order valence-corrected chi connectivity index (χ0v) is 16.2. The van der Waals surface area contributed by atoms with Gasteiger partial charge in [-0.3, -0.25) is 10.3 Å². The van der Waals surface area contributed by atoms with E-state index in [1.54, 1.807) is 6.20 Å². The smallest absolute Gasteiger partial charge is 0.321 e. The fourth-order valence-electron chi connectivity index (χ4n) is 3.14. The van der Waals surface area contributed by atoms with Crippen molar-refractivity contribution in [1.82, 2.24) is 20.3 Å². The third-order valence-electron chi connectivity index (χ3n) is 4.50. The Hall–Kier alpha value is -3.94. The van der Waals surface area contributed by atoms with Crippen LogP contribution < -0.4 is 20.5 Å². The summed E-state index contributed by atoms with van der Waals surface area (Å²) in [7, 11) is 1.88. The number of urea groups is 1. The second-order valence-corrected chi connectivity index (χ2v) is 6.45. The maximum atomic E-state index is 11.9. The van der Waals surface area contributed by atoms with Crippen molar-refractivity contribution in [3.8, 4) is 16.8 Å². The Labute approximate surface area is 168 Å². The number of H-pyrrole nitrogens is 1. The molecule has 0 bridgehead atoms. The van der Waals surface area contributed by atoms with Crippen LogP contribution in [0.25, 0.3) is 27.8 Å². The van der Waals surface area contributed by atoms with E-state index in [9.17, 15) is 4.79 Å². The predicted octanol–water partition coefficient (Wildman–Crippen LogP) is 3.08. The average molecular weight is 388 g/mol. The molecule has 0 fully saturated rings. The Bertz CT molecular complexity index is 1150. The molecule has 3 heterocycles. The first-order valence-electron chi connectivity index (χ1n) is 9.36. The van der Waals surface area contributed by atoms with Crippen molar-refractivity contribution < 1.29 is 9.36 Å². The van der Waals surface area contributed by atoms with Crippen molar-refractivity contribution >= 4 is 28.7 Å². The van der Waals surface area contributed by atoms with Gasteiger partial charge in [-0.2, -0.15) is 4.57 Å². The van der Waals surface area contributed by atoms with Gasteiger partial charge < -0.3 is 15.6 Å². The Balaban J connectivity index is 1.88. The summed E-state index contributed by atoms with van der Waals surface area (Å²) in [4.78, 5) is 24.0. The van der Waals surface area contributed by atoms with Gasteiger partial charge in [-0.25, -0.2) is 9.78 Å². The third kappa shape index (κ3) is 3.86. The van der Waals surface area contributed by atoms with E-state index in [2.05, 4.69) is 37.0 Å². The number of carbonyl (C=O) groups excluding carboxylic acids is 1. The van der Waals surface area contributed by atoms with E-state index in [1.807, 2.05) is 67.5 Å². The second-order valence-electron chi connectivity index (χ2n) is 6.45. The summed E-state index contributed by atoms with van der Waals surface area (Å²) < 4.78 is 2.00. The van der Waals surface area contributed by atoms with Crippen LogP contribution in [0.1, 0.15) is 6.92 Å². The largest absolute Gasteiger partial charge is 0.383 e. The fraction of sp³-hybridized carbons (Fsp3) is 0.143. The van der Waals surface area contributed by atoms with Crippen LogP contribution in [0, 0.1) is 0 Å². The van der Waals surface area contributed by atoms with Gasteiger partial charge >= 0.3 is 6.03 Å². The number of amides is 2. The first kappa shape index (κ1) is 18.4. The van der Waals surface area contributed by atoms with E-state index in [0.717, 1.165) is 33.5 Å². The number of hydrogen-bond donors (Lipinski definition) is 4. The molecule has 4 aromatic rings. The minimum Gasteiger partial charge on any atom is -0.383 e. The minimum absolute atomic E-state index is 0.301. The third-order valence-corrected chi connectivity index (χ3v) is 4.50. The van der Waals surface area contributed by atoms with Gasteiger partial charge in [-0.1, -0.05) is 6.07 Å². The van der Waals surface area contributed by atoms with E-state index >= 15 is 0 Å². The lowest BCUT2D eigenvalue weighted by molar-refractivity contribution is -0.593. The molecular formula is C21H22N7O+. The molecule has 0 aliphatic rings. The molecule has 1 aromatic carbocycles. The summed E-state index contributed by atoms with van der Waals surface area (Å²) in [5, 5.41) is 8.60. The number of carbonyl (C=O) groups is 1. The topological polar surface area (TPSA) is 98.6 Å². The summed E-state index contributed by atoms with van der Waals surface area (Å²) >= 11 is 0. The van der Waals surface area contributed by atoms with E-state index in [-0.39, 0.29) is 6.03 Å². The van der Waals surface area contributed by atoms with Crippen molar-refractivity contribution in [2.24, 2.45) is 0 Å². The van der Waals surface area contributed by atoms with Crippen molar-refractivity contribution in [1.29, 1.82) is 0 Å². The summed E-state index contributed by atoms with van der Waals surface area (Å²) in [5.74, 6) is 0.390. The standard InChI is InChI=1S/C21H21N7O/c1-3-24-21(29)27-20-25-17-10-15(14-6-4-8-23-12-14)11-18(19(17)26-20)28-9-5-7-16(13-28)22-2/h4-13,22H,3H2,1-2H3,(H2-,24,25,26,27,29)/p+1. The number of rotatable bonds is 5. The van der Waals surface area contributed by atoms with Gasteiger partial charge in [0.2, 0.25) is 11.6 Å². The summed E-state index contributed by atoms with van der Waals surface area (Å²) in [5.41, 5.74) is 5.42. The lowest BCUT2D eigenvalue weighted by Gasteiger charge is -2.04. The van der Waals surface area contributed by atoms with Gasteiger partial charge in [0.05, 0.1) is 11.2 Å². The fourth-order valence-corrected chi connectivity index (χ4v) is 3.14.